The molecule has 0 aliphatic rings. The van der Waals surface area contributed by atoms with E-state index >= 15 is 0 Å². The van der Waals surface area contributed by atoms with Gasteiger partial charge in [0, 0.05) is 18.4 Å². The minimum Gasteiger partial charge on any atom is -0.385 e. The molecule has 7 nitrogen and oxygen atoms in total. The van der Waals surface area contributed by atoms with Crippen molar-refractivity contribution in [1.82, 2.24) is 20.2 Å². The van der Waals surface area contributed by atoms with Crippen molar-refractivity contribution in [2.24, 2.45) is 0 Å². The Morgan fingerprint density at radius 1 is 1.25 bits per heavy atom. The van der Waals surface area contributed by atoms with Crippen LogP contribution in [0.4, 0.5) is 11.6 Å². The van der Waals surface area contributed by atoms with Gasteiger partial charge in [-0.1, -0.05) is 0 Å². The molecule has 0 radical (unpaired) electrons. The van der Waals surface area contributed by atoms with Crippen LogP contribution in [-0.2, 0) is 0 Å². The maximum Gasteiger partial charge on any atom is 0.276 e. The summed E-state index contributed by atoms with van der Waals surface area (Å²) >= 11 is 0. The molecule has 2 heterocycles. The lowest BCUT2D eigenvalue weighted by atomic mass is 10.3. The number of anilines is 2. The maximum absolute atomic E-state index is 12.1. The van der Waals surface area contributed by atoms with Crippen molar-refractivity contribution in [1.29, 1.82) is 0 Å². The summed E-state index contributed by atoms with van der Waals surface area (Å²) in [4.78, 5) is 20.2. The number of aryl methyl sites for hydroxylation is 2. The summed E-state index contributed by atoms with van der Waals surface area (Å²) in [5.74, 6) is -0.191. The third-order valence-corrected chi connectivity index (χ3v) is 2.69. The Morgan fingerprint density at radius 2 is 2.05 bits per heavy atom. The van der Waals surface area contributed by atoms with Crippen LogP contribution in [0.15, 0.2) is 18.3 Å². The molecule has 0 bridgehead atoms. The lowest BCUT2D eigenvalue weighted by Gasteiger charge is -2.06. The SMILES string of the molecule is CCNc1ccnc(C(=O)Nc2nnc(C)c(C)n2)c1. The Balaban J connectivity index is 2.15. The highest BCUT2D eigenvalue weighted by Gasteiger charge is 2.11. The second kappa shape index (κ2) is 6.05. The fourth-order valence-electron chi connectivity index (χ4n) is 1.54. The fraction of sp³-hybridized carbons (Fsp3) is 0.308. The van der Waals surface area contributed by atoms with Gasteiger partial charge in [-0.05, 0) is 32.9 Å². The monoisotopic (exact) mass is 272 g/mol. The standard InChI is InChI=1S/C13H16N6O/c1-4-14-10-5-6-15-11(7-10)12(20)17-13-16-8(2)9(3)18-19-13/h5-7H,4H2,1-3H3,(H,14,15)(H,16,17,19,20). The minimum absolute atomic E-state index is 0.175. The van der Waals surface area contributed by atoms with Gasteiger partial charge in [-0.15, -0.1) is 5.10 Å². The zero-order valence-electron chi connectivity index (χ0n) is 11.6. The molecule has 20 heavy (non-hydrogen) atoms. The Hall–Kier alpha value is -2.57. The summed E-state index contributed by atoms with van der Waals surface area (Å²) in [6.07, 6.45) is 1.58. The van der Waals surface area contributed by atoms with Crippen LogP contribution in [0, 0.1) is 13.8 Å². The molecule has 0 unspecified atom stereocenters. The van der Waals surface area contributed by atoms with Crippen LogP contribution < -0.4 is 10.6 Å². The van der Waals surface area contributed by atoms with Crippen LogP contribution in [0.2, 0.25) is 0 Å². The van der Waals surface area contributed by atoms with E-state index in [1.165, 1.54) is 0 Å². The van der Waals surface area contributed by atoms with Gasteiger partial charge in [0.2, 0.25) is 5.95 Å². The number of carbonyl (C=O) groups excluding carboxylic acids is 1. The van der Waals surface area contributed by atoms with Crippen LogP contribution in [0.1, 0.15) is 28.8 Å². The molecule has 0 saturated heterocycles. The first kappa shape index (κ1) is 13.9. The van der Waals surface area contributed by atoms with E-state index in [1.54, 1.807) is 18.3 Å². The van der Waals surface area contributed by atoms with Crippen molar-refractivity contribution in [3.8, 4) is 0 Å². The lowest BCUT2D eigenvalue weighted by Crippen LogP contribution is -2.17. The minimum atomic E-state index is -0.366. The van der Waals surface area contributed by atoms with Gasteiger partial charge in [0.1, 0.15) is 5.69 Å². The summed E-state index contributed by atoms with van der Waals surface area (Å²) < 4.78 is 0. The number of amides is 1. The molecule has 0 atom stereocenters. The second-order valence-corrected chi connectivity index (χ2v) is 4.22. The van der Waals surface area contributed by atoms with E-state index in [0.29, 0.717) is 5.69 Å². The average Bonchev–Trinajstić information content (AvgIpc) is 2.43. The van der Waals surface area contributed by atoms with Crippen molar-refractivity contribution in [3.63, 3.8) is 0 Å². The molecule has 2 aromatic rings. The molecule has 0 fully saturated rings. The van der Waals surface area contributed by atoms with E-state index in [2.05, 4.69) is 30.8 Å². The van der Waals surface area contributed by atoms with Crippen LogP contribution in [0.25, 0.3) is 0 Å². The van der Waals surface area contributed by atoms with Gasteiger partial charge in [0.05, 0.1) is 11.4 Å². The van der Waals surface area contributed by atoms with E-state index in [9.17, 15) is 4.79 Å². The van der Waals surface area contributed by atoms with Gasteiger partial charge in [-0.3, -0.25) is 15.1 Å². The van der Waals surface area contributed by atoms with Crippen LogP contribution in [-0.4, -0.2) is 32.6 Å². The molecule has 0 aliphatic carbocycles. The summed E-state index contributed by atoms with van der Waals surface area (Å²) in [5.41, 5.74) is 2.59. The third-order valence-electron chi connectivity index (χ3n) is 2.69. The number of pyridine rings is 1. The van der Waals surface area contributed by atoms with Crippen molar-refractivity contribution in [2.45, 2.75) is 20.8 Å². The molecule has 2 aromatic heterocycles. The number of hydrogen-bond acceptors (Lipinski definition) is 6. The topological polar surface area (TPSA) is 92.7 Å². The van der Waals surface area contributed by atoms with Gasteiger partial charge in [-0.2, -0.15) is 5.10 Å². The summed E-state index contributed by atoms with van der Waals surface area (Å²) in [5, 5.41) is 13.4. The first-order valence-corrected chi connectivity index (χ1v) is 6.29. The molecule has 2 N–H and O–H groups in total. The predicted octanol–water partition coefficient (Wildman–Crippen LogP) is 1.57. The van der Waals surface area contributed by atoms with E-state index in [-0.39, 0.29) is 11.9 Å². The van der Waals surface area contributed by atoms with E-state index in [1.807, 2.05) is 20.8 Å². The molecular weight excluding hydrogens is 256 g/mol. The predicted molar refractivity (Wildman–Crippen MR) is 75.7 cm³/mol. The lowest BCUT2D eigenvalue weighted by molar-refractivity contribution is 0.102. The summed E-state index contributed by atoms with van der Waals surface area (Å²) in [7, 11) is 0. The highest BCUT2D eigenvalue weighted by Crippen LogP contribution is 2.09. The zero-order chi connectivity index (χ0) is 14.5. The van der Waals surface area contributed by atoms with Crippen molar-refractivity contribution < 1.29 is 4.79 Å². The van der Waals surface area contributed by atoms with Gasteiger partial charge in [-0.25, -0.2) is 4.98 Å². The fourth-order valence-corrected chi connectivity index (χ4v) is 1.54. The number of nitrogens with zero attached hydrogens (tertiary/aromatic N) is 4. The number of rotatable bonds is 4. The van der Waals surface area contributed by atoms with Crippen molar-refractivity contribution in [3.05, 3.63) is 35.4 Å². The zero-order valence-corrected chi connectivity index (χ0v) is 11.6. The van der Waals surface area contributed by atoms with Crippen LogP contribution in [0.3, 0.4) is 0 Å². The summed E-state index contributed by atoms with van der Waals surface area (Å²) in [6, 6.07) is 3.47. The molecule has 104 valence electrons. The molecule has 2 rings (SSSR count). The van der Waals surface area contributed by atoms with Crippen LogP contribution in [0.5, 0.6) is 0 Å². The second-order valence-electron chi connectivity index (χ2n) is 4.22. The molecular formula is C13H16N6O. The van der Waals surface area contributed by atoms with E-state index in [0.717, 1.165) is 23.6 Å². The number of hydrogen-bond donors (Lipinski definition) is 2. The van der Waals surface area contributed by atoms with Crippen LogP contribution >= 0.6 is 0 Å². The first-order valence-electron chi connectivity index (χ1n) is 6.29. The highest BCUT2D eigenvalue weighted by atomic mass is 16.2. The number of nitrogens with one attached hydrogen (secondary N) is 2. The quantitative estimate of drug-likeness (QED) is 0.877. The van der Waals surface area contributed by atoms with Gasteiger partial charge < -0.3 is 5.32 Å². The number of carbonyl (C=O) groups is 1. The third kappa shape index (κ3) is 3.25. The maximum atomic E-state index is 12.1. The molecule has 0 saturated carbocycles. The van der Waals surface area contributed by atoms with Crippen molar-refractivity contribution in [2.75, 3.05) is 17.2 Å². The Morgan fingerprint density at radius 3 is 2.75 bits per heavy atom. The molecule has 0 spiro atoms. The van der Waals surface area contributed by atoms with Gasteiger partial charge in [0.15, 0.2) is 0 Å². The number of aromatic nitrogens is 4. The largest absolute Gasteiger partial charge is 0.385 e. The molecule has 0 aromatic carbocycles. The smallest absolute Gasteiger partial charge is 0.276 e. The molecule has 0 aliphatic heterocycles. The Kier molecular flexibility index (Phi) is 4.19. The highest BCUT2D eigenvalue weighted by molar-refractivity contribution is 6.02. The Labute approximate surface area is 116 Å². The van der Waals surface area contributed by atoms with Gasteiger partial charge in [0.25, 0.3) is 5.91 Å². The van der Waals surface area contributed by atoms with Crippen molar-refractivity contribution >= 4 is 17.5 Å². The normalized spacial score (nSPS) is 10.2. The molecule has 7 heteroatoms. The first-order chi connectivity index (χ1) is 9.60. The average molecular weight is 272 g/mol. The van der Waals surface area contributed by atoms with Gasteiger partial charge >= 0.3 is 0 Å². The van der Waals surface area contributed by atoms with E-state index in [4.69, 9.17) is 0 Å². The molecule has 1 amide bonds. The van der Waals surface area contributed by atoms with E-state index < -0.39 is 0 Å². The summed E-state index contributed by atoms with van der Waals surface area (Å²) in [6.45, 7) is 6.37. The Bertz CT molecular complexity index is 628.